The van der Waals surface area contributed by atoms with E-state index in [-0.39, 0.29) is 10.8 Å². The van der Waals surface area contributed by atoms with E-state index in [4.69, 9.17) is 0 Å². The van der Waals surface area contributed by atoms with Crippen molar-refractivity contribution in [2.45, 2.75) is 57.0 Å². The van der Waals surface area contributed by atoms with Crippen molar-refractivity contribution in [2.75, 3.05) is 13.1 Å². The third-order valence-electron chi connectivity index (χ3n) is 5.78. The van der Waals surface area contributed by atoms with Gasteiger partial charge in [-0.2, -0.15) is 4.31 Å². The van der Waals surface area contributed by atoms with Gasteiger partial charge in [-0.1, -0.05) is 41.5 Å². The van der Waals surface area contributed by atoms with Gasteiger partial charge >= 0.3 is 0 Å². The summed E-state index contributed by atoms with van der Waals surface area (Å²) in [7, 11) is -3.50. The number of nitrogens with zero attached hydrogens (tertiary/aromatic N) is 4. The lowest BCUT2D eigenvalue weighted by Gasteiger charge is -2.25. The van der Waals surface area contributed by atoms with E-state index in [2.05, 4.69) is 21.7 Å². The molecule has 2 heterocycles. The highest BCUT2D eigenvalue weighted by molar-refractivity contribution is 7.89. The molecule has 0 saturated carbocycles. The molecule has 32 heavy (non-hydrogen) atoms. The Morgan fingerprint density at radius 3 is 2.69 bits per heavy atom. The Morgan fingerprint density at radius 2 is 1.91 bits per heavy atom. The Bertz CT molecular complexity index is 1200. The minimum absolute atomic E-state index is 0.00848. The van der Waals surface area contributed by atoms with Crippen molar-refractivity contribution < 1.29 is 13.2 Å². The number of carbonyl (C=O) groups is 1. The van der Waals surface area contributed by atoms with Gasteiger partial charge in [-0.05, 0) is 49.9 Å². The smallest absolute Gasteiger partial charge is 0.243 e. The fraction of sp³-hybridized carbons (Fsp3) is 0.435. The minimum Gasteiger partial charge on any atom is -0.352 e. The average molecular weight is 456 g/mol. The SMILES string of the molecule is Cc1cccc(CNC(=O)CCCn2nnc3cc(S(=O)(=O)N4CCCCC4)ccc32)c1. The number of sulfonamides is 1. The number of aromatic nitrogens is 3. The van der Waals surface area contributed by atoms with Gasteiger partial charge in [0.1, 0.15) is 5.52 Å². The molecule has 170 valence electrons. The molecule has 1 N–H and O–H groups in total. The minimum atomic E-state index is -3.50. The second-order valence-electron chi connectivity index (χ2n) is 8.30. The van der Waals surface area contributed by atoms with E-state index in [0.29, 0.717) is 44.5 Å². The maximum absolute atomic E-state index is 12.9. The van der Waals surface area contributed by atoms with E-state index in [9.17, 15) is 13.2 Å². The van der Waals surface area contributed by atoms with Crippen molar-refractivity contribution in [1.82, 2.24) is 24.6 Å². The van der Waals surface area contributed by atoms with Crippen LogP contribution >= 0.6 is 0 Å². The number of carbonyl (C=O) groups excluding carboxylic acids is 1. The van der Waals surface area contributed by atoms with Crippen LogP contribution in [0.3, 0.4) is 0 Å². The molecular formula is C23H29N5O3S. The summed E-state index contributed by atoms with van der Waals surface area (Å²) in [6, 6.07) is 13.0. The number of hydrogen-bond donors (Lipinski definition) is 1. The number of piperidine rings is 1. The first kappa shape index (κ1) is 22.4. The average Bonchev–Trinajstić information content (AvgIpc) is 3.21. The molecule has 4 rings (SSSR count). The molecule has 8 nitrogen and oxygen atoms in total. The lowest BCUT2D eigenvalue weighted by atomic mass is 10.1. The van der Waals surface area contributed by atoms with Gasteiger partial charge in [0.15, 0.2) is 0 Å². The number of aryl methyl sites for hydroxylation is 2. The highest BCUT2D eigenvalue weighted by Gasteiger charge is 2.26. The first-order chi connectivity index (χ1) is 15.4. The maximum atomic E-state index is 12.9. The van der Waals surface area contributed by atoms with Crippen LogP contribution in [-0.4, -0.2) is 46.7 Å². The third kappa shape index (κ3) is 5.16. The van der Waals surface area contributed by atoms with Crippen LogP contribution in [0, 0.1) is 6.92 Å². The van der Waals surface area contributed by atoms with Gasteiger partial charge in [-0.15, -0.1) is 5.10 Å². The van der Waals surface area contributed by atoms with Crippen molar-refractivity contribution in [3.8, 4) is 0 Å². The van der Waals surface area contributed by atoms with Crippen molar-refractivity contribution in [2.24, 2.45) is 0 Å². The van der Waals surface area contributed by atoms with Gasteiger partial charge in [0.05, 0.1) is 10.4 Å². The zero-order valence-corrected chi connectivity index (χ0v) is 19.1. The zero-order valence-electron chi connectivity index (χ0n) is 18.3. The van der Waals surface area contributed by atoms with Crippen molar-refractivity contribution in [1.29, 1.82) is 0 Å². The first-order valence-corrected chi connectivity index (χ1v) is 12.5. The second-order valence-corrected chi connectivity index (χ2v) is 10.2. The molecule has 1 fully saturated rings. The summed E-state index contributed by atoms with van der Waals surface area (Å²) in [6.07, 6.45) is 3.87. The van der Waals surface area contributed by atoms with Crippen molar-refractivity contribution in [3.63, 3.8) is 0 Å². The Hall–Kier alpha value is -2.78. The molecule has 0 spiro atoms. The topological polar surface area (TPSA) is 97.2 Å². The van der Waals surface area contributed by atoms with E-state index < -0.39 is 10.0 Å². The molecule has 3 aromatic rings. The van der Waals surface area contributed by atoms with Crippen LogP contribution in [-0.2, 0) is 27.9 Å². The third-order valence-corrected chi connectivity index (χ3v) is 7.68. The molecule has 0 aliphatic carbocycles. The normalized spacial score (nSPS) is 15.2. The Kier molecular flexibility index (Phi) is 6.86. The molecule has 1 saturated heterocycles. The predicted octanol–water partition coefficient (Wildman–Crippen LogP) is 3.01. The van der Waals surface area contributed by atoms with Crippen LogP contribution in [0.15, 0.2) is 47.4 Å². The van der Waals surface area contributed by atoms with Crippen molar-refractivity contribution >= 4 is 27.0 Å². The highest BCUT2D eigenvalue weighted by Crippen LogP contribution is 2.23. The van der Waals surface area contributed by atoms with Crippen LogP contribution < -0.4 is 5.32 Å². The molecule has 1 aliphatic rings. The highest BCUT2D eigenvalue weighted by atomic mass is 32.2. The second kappa shape index (κ2) is 9.79. The van der Waals surface area contributed by atoms with E-state index in [1.165, 1.54) is 5.56 Å². The van der Waals surface area contributed by atoms with Crippen LogP contribution in [0.4, 0.5) is 0 Å². The first-order valence-electron chi connectivity index (χ1n) is 11.1. The predicted molar refractivity (Wildman–Crippen MR) is 122 cm³/mol. The lowest BCUT2D eigenvalue weighted by Crippen LogP contribution is -2.35. The largest absolute Gasteiger partial charge is 0.352 e. The standard InChI is InChI=1S/C23H29N5O3S/c1-18-7-5-8-19(15-18)17-24-23(29)9-6-14-28-22-11-10-20(16-21(22)25-26-28)32(30,31)27-12-3-2-4-13-27/h5,7-8,10-11,15-16H,2-4,6,9,12-14,17H2,1H3,(H,24,29). The number of nitrogens with one attached hydrogen (secondary N) is 1. The Morgan fingerprint density at radius 1 is 1.09 bits per heavy atom. The fourth-order valence-electron chi connectivity index (χ4n) is 4.03. The van der Waals surface area contributed by atoms with Crippen LogP contribution in [0.1, 0.15) is 43.2 Å². The molecule has 2 aromatic carbocycles. The zero-order chi connectivity index (χ0) is 22.6. The summed E-state index contributed by atoms with van der Waals surface area (Å²) in [5.41, 5.74) is 3.56. The molecule has 0 atom stereocenters. The molecule has 0 unspecified atom stereocenters. The van der Waals surface area contributed by atoms with Gasteiger partial charge in [0, 0.05) is 32.6 Å². The molecule has 1 aromatic heterocycles. The summed E-state index contributed by atoms with van der Waals surface area (Å²) < 4.78 is 29.1. The summed E-state index contributed by atoms with van der Waals surface area (Å²) in [5.74, 6) is -0.00848. The number of amides is 1. The Balaban J connectivity index is 1.33. The van der Waals surface area contributed by atoms with Gasteiger partial charge in [0.25, 0.3) is 0 Å². The summed E-state index contributed by atoms with van der Waals surface area (Å²) in [5, 5.41) is 11.3. The molecule has 1 amide bonds. The van der Waals surface area contributed by atoms with Gasteiger partial charge in [-0.3, -0.25) is 4.79 Å². The van der Waals surface area contributed by atoms with E-state index in [1.807, 2.05) is 25.1 Å². The molecular weight excluding hydrogens is 426 g/mol. The lowest BCUT2D eigenvalue weighted by molar-refractivity contribution is -0.121. The van der Waals surface area contributed by atoms with Crippen LogP contribution in [0.5, 0.6) is 0 Å². The van der Waals surface area contributed by atoms with Crippen molar-refractivity contribution in [3.05, 3.63) is 53.6 Å². The van der Waals surface area contributed by atoms with E-state index in [0.717, 1.165) is 30.3 Å². The molecule has 0 bridgehead atoms. The maximum Gasteiger partial charge on any atom is 0.243 e. The monoisotopic (exact) mass is 455 g/mol. The van der Waals surface area contributed by atoms with E-state index >= 15 is 0 Å². The quantitative estimate of drug-likeness (QED) is 0.563. The molecule has 9 heteroatoms. The number of fused-ring (bicyclic) bond motifs is 1. The van der Waals surface area contributed by atoms with E-state index in [1.54, 1.807) is 27.2 Å². The van der Waals surface area contributed by atoms with Gasteiger partial charge in [0.2, 0.25) is 15.9 Å². The van der Waals surface area contributed by atoms with Crippen LogP contribution in [0.25, 0.3) is 11.0 Å². The molecule has 1 aliphatic heterocycles. The van der Waals surface area contributed by atoms with Gasteiger partial charge in [-0.25, -0.2) is 13.1 Å². The number of rotatable bonds is 8. The summed E-state index contributed by atoms with van der Waals surface area (Å²) in [4.78, 5) is 12.4. The van der Waals surface area contributed by atoms with Gasteiger partial charge < -0.3 is 5.32 Å². The summed E-state index contributed by atoms with van der Waals surface area (Å²) in [6.45, 7) is 4.21. The van der Waals surface area contributed by atoms with Crippen LogP contribution in [0.2, 0.25) is 0 Å². The molecule has 0 radical (unpaired) electrons. The Labute approximate surface area is 188 Å². The fourth-order valence-corrected chi connectivity index (χ4v) is 5.57. The summed E-state index contributed by atoms with van der Waals surface area (Å²) >= 11 is 0. The number of hydrogen-bond acceptors (Lipinski definition) is 5. The number of benzene rings is 2.